The van der Waals surface area contributed by atoms with Gasteiger partial charge in [0, 0.05) is 0 Å². The van der Waals surface area contributed by atoms with E-state index >= 15 is 0 Å². The van der Waals surface area contributed by atoms with Gasteiger partial charge in [0.2, 0.25) is 5.89 Å². The lowest BCUT2D eigenvalue weighted by Gasteiger charge is -1.98. The molecule has 6 heteroatoms. The summed E-state index contributed by atoms with van der Waals surface area (Å²) in [6.45, 7) is 1.73. The Morgan fingerprint density at radius 1 is 1.35 bits per heavy atom. The van der Waals surface area contributed by atoms with Crippen molar-refractivity contribution in [3.63, 3.8) is 0 Å². The van der Waals surface area contributed by atoms with Crippen LogP contribution in [0.15, 0.2) is 22.7 Å². The van der Waals surface area contributed by atoms with Gasteiger partial charge in [-0.2, -0.15) is 4.98 Å². The Balaban J connectivity index is 2.16. The van der Waals surface area contributed by atoms with Gasteiger partial charge < -0.3 is 10.3 Å². The topological polar surface area (TPSA) is 64.9 Å². The average molecular weight is 239 g/mol. The molecule has 2 N–H and O–H groups in total. The molecular weight excluding hydrogens is 228 g/mol. The van der Waals surface area contributed by atoms with Crippen LogP contribution in [0.25, 0.3) is 0 Å². The lowest BCUT2D eigenvalue weighted by molar-refractivity contribution is 0.376. The number of hydrogen-bond acceptors (Lipinski definition) is 4. The van der Waals surface area contributed by atoms with Gasteiger partial charge in [0.05, 0.1) is 12.5 Å². The average Bonchev–Trinajstić information content (AvgIpc) is 2.72. The van der Waals surface area contributed by atoms with Gasteiger partial charge >= 0.3 is 0 Å². The molecule has 0 aliphatic rings. The van der Waals surface area contributed by atoms with Crippen LogP contribution in [0.3, 0.4) is 0 Å². The van der Waals surface area contributed by atoms with Gasteiger partial charge in [-0.1, -0.05) is 11.2 Å². The van der Waals surface area contributed by atoms with E-state index < -0.39 is 11.6 Å². The van der Waals surface area contributed by atoms with Gasteiger partial charge in [-0.15, -0.1) is 0 Å². The van der Waals surface area contributed by atoms with Crippen molar-refractivity contribution >= 4 is 0 Å². The van der Waals surface area contributed by atoms with E-state index in [0.29, 0.717) is 17.3 Å². The van der Waals surface area contributed by atoms with E-state index in [2.05, 4.69) is 10.1 Å². The molecule has 0 fully saturated rings. The second-order valence-electron chi connectivity index (χ2n) is 3.76. The van der Waals surface area contributed by atoms with E-state index in [9.17, 15) is 8.78 Å². The van der Waals surface area contributed by atoms with Crippen LogP contribution in [0.5, 0.6) is 0 Å². The number of hydrogen-bond donors (Lipinski definition) is 1. The summed E-state index contributed by atoms with van der Waals surface area (Å²) in [6, 6.07) is 3.31. The van der Waals surface area contributed by atoms with Crippen molar-refractivity contribution in [2.24, 2.45) is 5.73 Å². The molecule has 0 spiro atoms. The first-order chi connectivity index (χ1) is 8.06. The zero-order valence-corrected chi connectivity index (χ0v) is 9.15. The van der Waals surface area contributed by atoms with Crippen LogP contribution >= 0.6 is 0 Å². The maximum absolute atomic E-state index is 13.0. The molecule has 0 aliphatic carbocycles. The fraction of sp³-hybridized carbons (Fsp3) is 0.273. The van der Waals surface area contributed by atoms with Crippen molar-refractivity contribution < 1.29 is 13.3 Å². The van der Waals surface area contributed by atoms with Crippen molar-refractivity contribution in [1.29, 1.82) is 0 Å². The number of nitrogens with two attached hydrogens (primary N) is 1. The summed E-state index contributed by atoms with van der Waals surface area (Å²) in [5.41, 5.74) is 6.13. The molecule has 1 aromatic heterocycles. The molecule has 0 amide bonds. The summed E-state index contributed by atoms with van der Waals surface area (Å²) in [5, 5.41) is 3.67. The van der Waals surface area contributed by atoms with Gasteiger partial charge in [-0.05, 0) is 24.6 Å². The fourth-order valence-corrected chi connectivity index (χ4v) is 1.35. The Bertz CT molecular complexity index is 525. The third-order valence-electron chi connectivity index (χ3n) is 2.23. The molecule has 1 heterocycles. The van der Waals surface area contributed by atoms with Crippen LogP contribution in [0.4, 0.5) is 8.78 Å². The fourth-order valence-electron chi connectivity index (χ4n) is 1.35. The maximum Gasteiger partial charge on any atom is 0.231 e. The minimum Gasteiger partial charge on any atom is -0.339 e. The standard InChI is InChI=1S/C11H11F2N3O/c1-6(14)11-15-10(17-16-11)5-7-2-3-8(12)9(13)4-7/h2-4,6H,5,14H2,1H3. The number of aromatic nitrogens is 2. The van der Waals surface area contributed by atoms with Crippen molar-refractivity contribution in [3.8, 4) is 0 Å². The van der Waals surface area contributed by atoms with Crippen LogP contribution in [0, 0.1) is 11.6 Å². The highest BCUT2D eigenvalue weighted by Gasteiger charge is 2.11. The molecule has 0 bridgehead atoms. The first-order valence-corrected chi connectivity index (χ1v) is 5.08. The minimum absolute atomic E-state index is 0.247. The quantitative estimate of drug-likeness (QED) is 0.889. The molecule has 0 saturated carbocycles. The summed E-state index contributed by atoms with van der Waals surface area (Å²) < 4.78 is 30.6. The molecule has 4 nitrogen and oxygen atoms in total. The largest absolute Gasteiger partial charge is 0.339 e. The molecule has 1 atom stereocenters. The molecule has 0 radical (unpaired) electrons. The predicted molar refractivity (Wildman–Crippen MR) is 56.1 cm³/mol. The Hall–Kier alpha value is -1.82. The lowest BCUT2D eigenvalue weighted by atomic mass is 10.1. The summed E-state index contributed by atoms with van der Waals surface area (Å²) in [7, 11) is 0. The molecule has 0 aliphatic heterocycles. The van der Waals surface area contributed by atoms with Crippen LogP contribution in [0.2, 0.25) is 0 Å². The number of nitrogens with zero attached hydrogens (tertiary/aromatic N) is 2. The van der Waals surface area contributed by atoms with E-state index in [1.165, 1.54) is 6.07 Å². The van der Waals surface area contributed by atoms with E-state index in [1.54, 1.807) is 6.92 Å². The summed E-state index contributed by atoms with van der Waals surface area (Å²) in [4.78, 5) is 4.04. The van der Waals surface area contributed by atoms with Crippen molar-refractivity contribution in [2.45, 2.75) is 19.4 Å². The zero-order chi connectivity index (χ0) is 12.4. The second kappa shape index (κ2) is 4.58. The highest BCUT2D eigenvalue weighted by Crippen LogP contribution is 2.13. The van der Waals surface area contributed by atoms with E-state index in [4.69, 9.17) is 10.3 Å². The van der Waals surface area contributed by atoms with Gasteiger partial charge in [0.15, 0.2) is 17.5 Å². The van der Waals surface area contributed by atoms with Gasteiger partial charge in [-0.3, -0.25) is 0 Å². The highest BCUT2D eigenvalue weighted by molar-refractivity contribution is 5.20. The van der Waals surface area contributed by atoms with Gasteiger partial charge in [0.1, 0.15) is 0 Å². The summed E-state index contributed by atoms with van der Waals surface area (Å²) in [5.74, 6) is -1.06. The van der Waals surface area contributed by atoms with Crippen molar-refractivity contribution in [1.82, 2.24) is 10.1 Å². The Labute approximate surface area is 96.4 Å². The molecule has 1 unspecified atom stereocenters. The van der Waals surface area contributed by atoms with Crippen molar-refractivity contribution in [2.75, 3.05) is 0 Å². The molecule has 1 aromatic carbocycles. The first kappa shape index (κ1) is 11.7. The normalized spacial score (nSPS) is 12.7. The van der Waals surface area contributed by atoms with Gasteiger partial charge in [0.25, 0.3) is 0 Å². The Morgan fingerprint density at radius 3 is 2.71 bits per heavy atom. The number of rotatable bonds is 3. The molecule has 17 heavy (non-hydrogen) atoms. The first-order valence-electron chi connectivity index (χ1n) is 5.08. The molecular formula is C11H11F2N3O. The van der Waals surface area contributed by atoms with E-state index in [1.807, 2.05) is 0 Å². The lowest BCUT2D eigenvalue weighted by Crippen LogP contribution is -2.06. The third-order valence-corrected chi connectivity index (χ3v) is 2.23. The second-order valence-corrected chi connectivity index (χ2v) is 3.76. The van der Waals surface area contributed by atoms with Crippen LogP contribution in [-0.2, 0) is 6.42 Å². The van der Waals surface area contributed by atoms with Gasteiger partial charge in [-0.25, -0.2) is 8.78 Å². The predicted octanol–water partition coefficient (Wildman–Crippen LogP) is 1.96. The number of benzene rings is 1. The highest BCUT2D eigenvalue weighted by atomic mass is 19.2. The monoisotopic (exact) mass is 239 g/mol. The van der Waals surface area contributed by atoms with E-state index in [-0.39, 0.29) is 12.5 Å². The third kappa shape index (κ3) is 2.65. The maximum atomic E-state index is 13.0. The number of halogens is 2. The van der Waals surface area contributed by atoms with Crippen LogP contribution in [0.1, 0.15) is 30.2 Å². The molecule has 2 rings (SSSR count). The molecule has 0 saturated heterocycles. The van der Waals surface area contributed by atoms with Crippen molar-refractivity contribution in [3.05, 3.63) is 47.1 Å². The summed E-state index contributed by atoms with van der Waals surface area (Å²) >= 11 is 0. The molecule has 90 valence electrons. The Kier molecular flexibility index (Phi) is 3.14. The molecule has 2 aromatic rings. The SMILES string of the molecule is CC(N)c1noc(Cc2ccc(F)c(F)c2)n1. The Morgan fingerprint density at radius 2 is 2.12 bits per heavy atom. The summed E-state index contributed by atoms with van der Waals surface area (Å²) in [6.07, 6.45) is 0.247. The minimum atomic E-state index is -0.894. The van der Waals surface area contributed by atoms with E-state index in [0.717, 1.165) is 12.1 Å². The smallest absolute Gasteiger partial charge is 0.231 e. The van der Waals surface area contributed by atoms with Crippen LogP contribution < -0.4 is 5.73 Å². The zero-order valence-electron chi connectivity index (χ0n) is 9.15. The van der Waals surface area contributed by atoms with Crippen LogP contribution in [-0.4, -0.2) is 10.1 Å².